The monoisotopic (exact) mass is 241 g/mol. The van der Waals surface area contributed by atoms with Crippen LogP contribution in [0.15, 0.2) is 0 Å². The quantitative estimate of drug-likeness (QED) is 0.694. The largest absolute Gasteiger partial charge is 0.476 e. The Morgan fingerprint density at radius 2 is 2.12 bits per heavy atom. The third kappa shape index (κ3) is 3.81. The van der Waals surface area contributed by atoms with Gasteiger partial charge in [-0.1, -0.05) is 19.1 Å². The van der Waals surface area contributed by atoms with Gasteiger partial charge in [0.15, 0.2) is 5.69 Å². The Hall–Kier alpha value is -1.43. The van der Waals surface area contributed by atoms with Crippen LogP contribution in [-0.4, -0.2) is 37.8 Å². The van der Waals surface area contributed by atoms with Gasteiger partial charge in [0.2, 0.25) is 0 Å². The fourth-order valence-electron chi connectivity index (χ4n) is 1.64. The Bertz CT molecular complexity index is 374. The number of hydrogen-bond donors (Lipinski definition) is 2. The first-order valence-electron chi connectivity index (χ1n) is 5.82. The zero-order valence-electron chi connectivity index (χ0n) is 10.3. The molecule has 17 heavy (non-hydrogen) atoms. The number of carboxylic acid groups (broad SMARTS) is 1. The Morgan fingerprint density at radius 1 is 1.41 bits per heavy atom. The molecule has 1 aromatic rings. The molecular formula is C11H19N3O3. The molecule has 96 valence electrons. The molecule has 0 spiro atoms. The van der Waals surface area contributed by atoms with E-state index in [0.717, 1.165) is 6.42 Å². The van der Waals surface area contributed by atoms with Crippen LogP contribution in [0.4, 0.5) is 0 Å². The number of hydrogen-bond acceptors (Lipinski definition) is 4. The molecule has 0 atom stereocenters. The van der Waals surface area contributed by atoms with Gasteiger partial charge in [0, 0.05) is 13.2 Å². The maximum Gasteiger partial charge on any atom is 0.358 e. The van der Waals surface area contributed by atoms with Crippen molar-refractivity contribution in [3.8, 4) is 0 Å². The van der Waals surface area contributed by atoms with Crippen molar-refractivity contribution >= 4 is 5.97 Å². The number of carboxylic acids is 1. The van der Waals surface area contributed by atoms with Gasteiger partial charge in [0.1, 0.15) is 0 Å². The number of unbranched alkanes of at least 4 members (excludes halogenated alkanes) is 1. The van der Waals surface area contributed by atoms with Gasteiger partial charge in [0.25, 0.3) is 0 Å². The SMILES string of the molecule is CC(C)Cc1c(C(=O)O)nnn1CCCCO. The lowest BCUT2D eigenvalue weighted by molar-refractivity contribution is 0.0689. The van der Waals surface area contributed by atoms with E-state index in [-0.39, 0.29) is 12.3 Å². The summed E-state index contributed by atoms with van der Waals surface area (Å²) in [6.07, 6.45) is 2.10. The van der Waals surface area contributed by atoms with Crippen LogP contribution < -0.4 is 0 Å². The van der Waals surface area contributed by atoms with E-state index in [1.54, 1.807) is 4.68 Å². The molecule has 6 heteroatoms. The molecule has 0 bridgehead atoms. The summed E-state index contributed by atoms with van der Waals surface area (Å²) in [6.45, 7) is 4.79. The van der Waals surface area contributed by atoms with Crippen LogP contribution in [0.5, 0.6) is 0 Å². The molecule has 1 aromatic heterocycles. The summed E-state index contributed by atoms with van der Waals surface area (Å²) in [7, 11) is 0. The molecule has 0 fully saturated rings. The average molecular weight is 241 g/mol. The van der Waals surface area contributed by atoms with Crippen molar-refractivity contribution in [2.75, 3.05) is 6.61 Å². The summed E-state index contributed by atoms with van der Waals surface area (Å²) in [6, 6.07) is 0. The minimum absolute atomic E-state index is 0.0442. The molecule has 0 amide bonds. The minimum Gasteiger partial charge on any atom is -0.476 e. The molecule has 0 saturated carbocycles. The molecule has 0 saturated heterocycles. The Labute approximate surface area is 100 Å². The number of aliphatic hydroxyl groups excluding tert-OH is 1. The zero-order chi connectivity index (χ0) is 12.8. The normalized spacial score (nSPS) is 11.1. The van der Waals surface area contributed by atoms with Crippen LogP contribution in [0.2, 0.25) is 0 Å². The highest BCUT2D eigenvalue weighted by atomic mass is 16.4. The summed E-state index contributed by atoms with van der Waals surface area (Å²) in [4.78, 5) is 11.0. The van der Waals surface area contributed by atoms with E-state index in [1.165, 1.54) is 0 Å². The number of aryl methyl sites for hydroxylation is 1. The van der Waals surface area contributed by atoms with E-state index in [1.807, 2.05) is 13.8 Å². The predicted octanol–water partition coefficient (Wildman–Crippen LogP) is 0.947. The first-order chi connectivity index (χ1) is 8.06. The van der Waals surface area contributed by atoms with Gasteiger partial charge < -0.3 is 10.2 Å². The van der Waals surface area contributed by atoms with E-state index < -0.39 is 5.97 Å². The molecule has 0 aliphatic rings. The number of nitrogens with zero attached hydrogens (tertiary/aromatic N) is 3. The van der Waals surface area contributed by atoms with Crippen LogP contribution in [-0.2, 0) is 13.0 Å². The van der Waals surface area contributed by atoms with Crippen molar-refractivity contribution in [2.24, 2.45) is 5.92 Å². The summed E-state index contributed by atoms with van der Waals surface area (Å²) in [5.74, 6) is -0.683. The van der Waals surface area contributed by atoms with E-state index in [2.05, 4.69) is 10.3 Å². The van der Waals surface area contributed by atoms with Gasteiger partial charge in [0.05, 0.1) is 5.69 Å². The summed E-state index contributed by atoms with van der Waals surface area (Å²) < 4.78 is 1.64. The van der Waals surface area contributed by atoms with Crippen LogP contribution in [0.25, 0.3) is 0 Å². The van der Waals surface area contributed by atoms with Gasteiger partial charge in [-0.3, -0.25) is 0 Å². The molecule has 0 aromatic carbocycles. The summed E-state index contributed by atoms with van der Waals surface area (Å²) in [5, 5.41) is 25.3. The maximum absolute atomic E-state index is 11.0. The first kappa shape index (κ1) is 13.6. The average Bonchev–Trinajstić information content (AvgIpc) is 2.61. The smallest absolute Gasteiger partial charge is 0.358 e. The van der Waals surface area contributed by atoms with Gasteiger partial charge >= 0.3 is 5.97 Å². The van der Waals surface area contributed by atoms with Gasteiger partial charge in [-0.2, -0.15) is 0 Å². The third-order valence-corrected chi connectivity index (χ3v) is 2.42. The first-order valence-corrected chi connectivity index (χ1v) is 5.82. The van der Waals surface area contributed by atoms with Gasteiger partial charge in [-0.15, -0.1) is 5.10 Å². The highest BCUT2D eigenvalue weighted by Gasteiger charge is 2.19. The molecule has 6 nitrogen and oxygen atoms in total. The second-order valence-electron chi connectivity index (χ2n) is 4.44. The molecule has 2 N–H and O–H groups in total. The van der Waals surface area contributed by atoms with Crippen molar-refractivity contribution in [3.63, 3.8) is 0 Å². The van der Waals surface area contributed by atoms with E-state index >= 15 is 0 Å². The van der Waals surface area contributed by atoms with Crippen molar-refractivity contribution in [3.05, 3.63) is 11.4 Å². The van der Waals surface area contributed by atoms with Crippen LogP contribution in [0.1, 0.15) is 42.9 Å². The molecule has 0 aliphatic heterocycles. The van der Waals surface area contributed by atoms with Crippen molar-refractivity contribution < 1.29 is 15.0 Å². The molecule has 0 radical (unpaired) electrons. The zero-order valence-corrected chi connectivity index (χ0v) is 10.3. The van der Waals surface area contributed by atoms with E-state index in [9.17, 15) is 4.79 Å². The highest BCUT2D eigenvalue weighted by Crippen LogP contribution is 2.12. The molecule has 0 aliphatic carbocycles. The van der Waals surface area contributed by atoms with E-state index in [4.69, 9.17) is 10.2 Å². The molecule has 1 heterocycles. The highest BCUT2D eigenvalue weighted by molar-refractivity contribution is 5.86. The topological polar surface area (TPSA) is 88.2 Å². The van der Waals surface area contributed by atoms with E-state index in [0.29, 0.717) is 31.0 Å². The number of rotatable bonds is 7. The maximum atomic E-state index is 11.0. The lowest BCUT2D eigenvalue weighted by atomic mass is 10.1. The van der Waals surface area contributed by atoms with Crippen molar-refractivity contribution in [1.82, 2.24) is 15.0 Å². The second kappa shape index (κ2) is 6.34. The van der Waals surface area contributed by atoms with Gasteiger partial charge in [-0.05, 0) is 25.2 Å². The Kier molecular flexibility index (Phi) is 5.09. The standard InChI is InChI=1S/C11H19N3O3/c1-8(2)7-9-10(11(16)17)12-13-14(9)5-3-4-6-15/h8,15H,3-7H2,1-2H3,(H,16,17). The number of carbonyl (C=O) groups is 1. The van der Waals surface area contributed by atoms with Gasteiger partial charge in [-0.25, -0.2) is 9.48 Å². The number of aromatic carboxylic acids is 1. The summed E-state index contributed by atoms with van der Waals surface area (Å²) in [5.41, 5.74) is 0.716. The second-order valence-corrected chi connectivity index (χ2v) is 4.44. The fraction of sp³-hybridized carbons (Fsp3) is 0.727. The minimum atomic E-state index is -1.03. The van der Waals surface area contributed by atoms with Crippen molar-refractivity contribution in [2.45, 2.75) is 39.7 Å². The summed E-state index contributed by atoms with van der Waals surface area (Å²) >= 11 is 0. The fourth-order valence-corrected chi connectivity index (χ4v) is 1.64. The van der Waals surface area contributed by atoms with Crippen LogP contribution in [0, 0.1) is 5.92 Å². The Balaban J connectivity index is 2.84. The molecule has 1 rings (SSSR count). The third-order valence-electron chi connectivity index (χ3n) is 2.42. The van der Waals surface area contributed by atoms with Crippen LogP contribution in [0.3, 0.4) is 0 Å². The Morgan fingerprint density at radius 3 is 2.65 bits per heavy atom. The molecular weight excluding hydrogens is 222 g/mol. The molecule has 0 unspecified atom stereocenters. The van der Waals surface area contributed by atoms with Crippen LogP contribution >= 0.6 is 0 Å². The lowest BCUT2D eigenvalue weighted by Gasteiger charge is -2.08. The predicted molar refractivity (Wildman–Crippen MR) is 61.8 cm³/mol. The number of aliphatic hydroxyl groups is 1. The lowest BCUT2D eigenvalue weighted by Crippen LogP contribution is -2.11. The number of aromatic nitrogens is 3. The van der Waals surface area contributed by atoms with Crippen molar-refractivity contribution in [1.29, 1.82) is 0 Å².